The van der Waals surface area contributed by atoms with E-state index in [2.05, 4.69) is 0 Å². The van der Waals surface area contributed by atoms with Gasteiger partial charge in [0.1, 0.15) is 0 Å². The van der Waals surface area contributed by atoms with E-state index in [1.807, 2.05) is 95.5 Å². The molecule has 0 saturated carbocycles. The Morgan fingerprint density at radius 2 is 1.78 bits per heavy atom. The van der Waals surface area contributed by atoms with Gasteiger partial charge in [-0.25, -0.2) is 4.79 Å². The molecule has 46 heavy (non-hydrogen) atoms. The van der Waals surface area contributed by atoms with E-state index in [1.54, 1.807) is 6.07 Å². The third kappa shape index (κ3) is 6.18. The number of hydrogen-bond donors (Lipinski definition) is 0. The minimum absolute atomic E-state index is 0. The van der Waals surface area contributed by atoms with E-state index in [0.29, 0.717) is 23.1 Å². The second-order valence-corrected chi connectivity index (χ2v) is 10.8. The second kappa shape index (κ2) is 13.2. The molecule has 234 valence electrons. The number of carbonyl (C=O) groups excluding carboxylic acids is 3. The number of benzene rings is 3. The predicted octanol–water partition coefficient (Wildman–Crippen LogP) is 2.18. The maximum absolute atomic E-state index is 12.7. The number of imide groups is 1. The third-order valence-electron chi connectivity index (χ3n) is 7.90. The van der Waals surface area contributed by atoms with Gasteiger partial charge < -0.3 is 26.9 Å². The van der Waals surface area contributed by atoms with Crippen molar-refractivity contribution in [2.75, 3.05) is 11.9 Å². The van der Waals surface area contributed by atoms with Crippen LogP contribution in [0.1, 0.15) is 42.4 Å². The van der Waals surface area contributed by atoms with Crippen molar-refractivity contribution in [2.24, 2.45) is 0 Å². The van der Waals surface area contributed by atoms with Crippen LogP contribution < -0.4 is 26.6 Å². The van der Waals surface area contributed by atoms with E-state index in [0.717, 1.165) is 27.9 Å². The summed E-state index contributed by atoms with van der Waals surface area (Å²) in [6.07, 6.45) is 7.69. The molecule has 1 atom stereocenters. The second-order valence-electron chi connectivity index (χ2n) is 10.8. The molecule has 12 heteroatoms. The first-order chi connectivity index (χ1) is 21.7. The number of allylic oxidation sites excluding steroid dienone is 2. The van der Waals surface area contributed by atoms with Crippen LogP contribution in [0.3, 0.4) is 0 Å². The number of hydroxylamine groups is 2. The molecule has 1 saturated heterocycles. The normalized spacial score (nSPS) is 15.7. The van der Waals surface area contributed by atoms with Gasteiger partial charge in [0.2, 0.25) is 5.52 Å². The first-order valence-electron chi connectivity index (χ1n) is 14.4. The molecule has 2 aliphatic heterocycles. The van der Waals surface area contributed by atoms with Gasteiger partial charge in [-0.2, -0.15) is 4.57 Å². The SMILES string of the molecule is CC(C(=O)ON1C(=O)CCC1=O)c1ccc(C[n+]2ccc(/C=C/C=C3\Oc4ccccc4N3C)c3ccccc32)cc1[N+](=O)[O-].[Cl-]. The minimum atomic E-state index is -1.08. The number of nitro groups is 1. The van der Waals surface area contributed by atoms with Gasteiger partial charge in [0, 0.05) is 49.2 Å². The van der Waals surface area contributed by atoms with E-state index in [-0.39, 0.29) is 36.5 Å². The molecule has 0 bridgehead atoms. The molecule has 2 amide bonds. The lowest BCUT2D eigenvalue weighted by molar-refractivity contribution is -0.662. The van der Waals surface area contributed by atoms with Crippen molar-refractivity contribution in [3.63, 3.8) is 0 Å². The molecule has 4 aromatic rings. The van der Waals surface area contributed by atoms with E-state index in [9.17, 15) is 24.5 Å². The monoisotopic (exact) mass is 640 g/mol. The van der Waals surface area contributed by atoms with Gasteiger partial charge in [-0.1, -0.05) is 48.6 Å². The number of rotatable bonds is 8. The lowest BCUT2D eigenvalue weighted by atomic mass is 9.97. The van der Waals surface area contributed by atoms with Crippen LogP contribution in [0.4, 0.5) is 11.4 Å². The maximum atomic E-state index is 12.7. The van der Waals surface area contributed by atoms with E-state index >= 15 is 0 Å². The Morgan fingerprint density at radius 3 is 2.52 bits per heavy atom. The van der Waals surface area contributed by atoms with E-state index < -0.39 is 28.6 Å². The highest BCUT2D eigenvalue weighted by Crippen LogP contribution is 2.37. The molecule has 1 unspecified atom stereocenters. The standard InChI is InChI=1S/C34H29N4O7.ClH/c1-22(34(41)45-37-31(39)16-17-32(37)40)25-15-14-23(20-29(25)38(42)43)21-36-19-18-24(26-9-3-4-10-27(26)36)8-7-13-33-35(2)28-11-5-6-12-30(28)44-33;/h3-15,18-20,22H,16-17,21H2,1-2H3;1H/q+1;/p-1. The number of para-hydroxylation sites is 3. The number of fused-ring (bicyclic) bond motifs is 2. The predicted molar refractivity (Wildman–Crippen MR) is 165 cm³/mol. The fourth-order valence-electron chi connectivity index (χ4n) is 5.45. The van der Waals surface area contributed by atoms with Crippen LogP contribution in [0, 0.1) is 10.1 Å². The van der Waals surface area contributed by atoms with Crippen molar-refractivity contribution >= 4 is 46.1 Å². The maximum Gasteiger partial charge on any atom is 0.340 e. The highest BCUT2D eigenvalue weighted by molar-refractivity contribution is 6.01. The number of aromatic nitrogens is 1. The minimum Gasteiger partial charge on any atom is -1.00 e. The van der Waals surface area contributed by atoms with Gasteiger partial charge in [-0.15, -0.1) is 5.06 Å². The Hall–Kier alpha value is -5.55. The Bertz CT molecular complexity index is 1920. The zero-order chi connectivity index (χ0) is 31.7. The number of nitro benzene ring substituents is 1. The van der Waals surface area contributed by atoms with Crippen LogP contribution in [0.2, 0.25) is 0 Å². The number of nitrogens with zero attached hydrogens (tertiary/aromatic N) is 4. The molecule has 1 fully saturated rings. The molecule has 3 heterocycles. The van der Waals surface area contributed by atoms with Gasteiger partial charge in [0.15, 0.2) is 24.4 Å². The summed E-state index contributed by atoms with van der Waals surface area (Å²) in [5, 5.41) is 13.5. The number of ether oxygens (including phenoxy) is 1. The highest BCUT2D eigenvalue weighted by atomic mass is 35.5. The zero-order valence-electron chi connectivity index (χ0n) is 25.0. The van der Waals surface area contributed by atoms with Crippen molar-refractivity contribution < 1.29 is 45.9 Å². The molecule has 3 aromatic carbocycles. The summed E-state index contributed by atoms with van der Waals surface area (Å²) < 4.78 is 7.96. The number of anilines is 1. The fraction of sp³-hybridized carbons (Fsp3) is 0.176. The first kappa shape index (κ1) is 31.9. The zero-order valence-corrected chi connectivity index (χ0v) is 25.7. The Kier molecular flexibility index (Phi) is 9.15. The summed E-state index contributed by atoms with van der Waals surface area (Å²) in [6.45, 7) is 1.78. The molecule has 11 nitrogen and oxygen atoms in total. The van der Waals surface area contributed by atoms with Crippen molar-refractivity contribution in [3.8, 4) is 5.75 Å². The summed E-state index contributed by atoms with van der Waals surface area (Å²) >= 11 is 0. The molecule has 1 aromatic heterocycles. The molecule has 0 spiro atoms. The van der Waals surface area contributed by atoms with Crippen molar-refractivity contribution in [1.29, 1.82) is 0 Å². The average Bonchev–Trinajstić information content (AvgIpc) is 3.54. The molecule has 0 N–H and O–H groups in total. The number of carbonyl (C=O) groups is 3. The Balaban J connectivity index is 0.00000417. The summed E-state index contributed by atoms with van der Waals surface area (Å²) in [4.78, 5) is 54.9. The van der Waals surface area contributed by atoms with E-state index in [4.69, 9.17) is 9.57 Å². The van der Waals surface area contributed by atoms with Gasteiger partial charge in [0.25, 0.3) is 17.5 Å². The number of hydrogen-bond acceptors (Lipinski definition) is 8. The van der Waals surface area contributed by atoms with Gasteiger partial charge in [-0.05, 0) is 36.8 Å². The Morgan fingerprint density at radius 1 is 1.07 bits per heavy atom. The molecular weight excluding hydrogens is 612 g/mol. The van der Waals surface area contributed by atoms with Gasteiger partial charge in [-0.3, -0.25) is 19.7 Å². The molecule has 6 rings (SSSR count). The van der Waals surface area contributed by atoms with Crippen molar-refractivity contribution in [1.82, 2.24) is 5.06 Å². The van der Waals surface area contributed by atoms with Crippen LogP contribution in [0.15, 0.2) is 97.0 Å². The summed E-state index contributed by atoms with van der Waals surface area (Å²) in [5.74, 6) is -1.72. The van der Waals surface area contributed by atoms with Crippen molar-refractivity contribution in [2.45, 2.75) is 32.2 Å². The Labute approximate surface area is 270 Å². The lowest BCUT2D eigenvalue weighted by Crippen LogP contribution is -3.00. The van der Waals surface area contributed by atoms with Crippen LogP contribution in [0.5, 0.6) is 5.75 Å². The number of amides is 2. The largest absolute Gasteiger partial charge is 1.00 e. The lowest BCUT2D eigenvalue weighted by Gasteiger charge is -2.16. The third-order valence-corrected chi connectivity index (χ3v) is 7.90. The van der Waals surface area contributed by atoms with Crippen LogP contribution in [-0.2, 0) is 25.8 Å². The fourth-order valence-corrected chi connectivity index (χ4v) is 5.45. The van der Waals surface area contributed by atoms with E-state index in [1.165, 1.54) is 19.1 Å². The quantitative estimate of drug-likeness (QED) is 0.124. The van der Waals surface area contributed by atoms with Crippen LogP contribution >= 0.6 is 0 Å². The molecule has 0 radical (unpaired) electrons. The number of halogens is 1. The smallest absolute Gasteiger partial charge is 0.340 e. The van der Waals surface area contributed by atoms with Crippen LogP contribution in [0.25, 0.3) is 17.0 Å². The van der Waals surface area contributed by atoms with Crippen molar-refractivity contribution in [3.05, 3.63) is 124 Å². The summed E-state index contributed by atoms with van der Waals surface area (Å²) in [7, 11) is 1.95. The summed E-state index contributed by atoms with van der Waals surface area (Å²) in [6, 6.07) is 22.4. The topological polar surface area (TPSA) is 123 Å². The summed E-state index contributed by atoms with van der Waals surface area (Å²) in [5.41, 5.74) is 3.44. The van der Waals surface area contributed by atoms with Gasteiger partial charge >= 0.3 is 5.97 Å². The molecular formula is C34H29ClN4O7. The molecule has 0 aliphatic carbocycles. The highest BCUT2D eigenvalue weighted by Gasteiger charge is 2.35. The number of pyridine rings is 1. The average molecular weight is 641 g/mol. The molecule has 2 aliphatic rings. The van der Waals surface area contributed by atoms with Gasteiger partial charge in [0.05, 0.1) is 21.9 Å². The first-order valence-corrected chi connectivity index (χ1v) is 14.4. The van der Waals surface area contributed by atoms with Crippen LogP contribution in [-0.4, -0.2) is 34.8 Å².